The number of halogens is 3. The number of anilines is 1. The highest BCUT2D eigenvalue weighted by atomic mass is 19.4. The molecule has 1 fully saturated rings. The molecule has 3 rings (SSSR count). The molecule has 0 bridgehead atoms. The van der Waals surface area contributed by atoms with Crippen molar-refractivity contribution in [2.24, 2.45) is 0 Å². The van der Waals surface area contributed by atoms with Crippen molar-refractivity contribution in [3.05, 3.63) is 24.2 Å². The molecular formula is C13H16F3N5. The number of aromatic nitrogens is 3. The van der Waals surface area contributed by atoms with Gasteiger partial charge in [-0.25, -0.2) is 9.50 Å². The molecule has 114 valence electrons. The lowest BCUT2D eigenvalue weighted by Gasteiger charge is -2.22. The van der Waals surface area contributed by atoms with Crippen LogP contribution in [-0.4, -0.2) is 40.8 Å². The van der Waals surface area contributed by atoms with Crippen molar-refractivity contribution < 1.29 is 13.2 Å². The summed E-state index contributed by atoms with van der Waals surface area (Å²) in [6, 6.07) is 1.39. The molecule has 0 radical (unpaired) electrons. The lowest BCUT2D eigenvalue weighted by Crippen LogP contribution is -2.35. The fourth-order valence-electron chi connectivity index (χ4n) is 2.67. The normalized spacial score (nSPS) is 19.3. The summed E-state index contributed by atoms with van der Waals surface area (Å²) in [5, 5.41) is 6.93. The summed E-state index contributed by atoms with van der Waals surface area (Å²) < 4.78 is 39.5. The van der Waals surface area contributed by atoms with Gasteiger partial charge in [-0.1, -0.05) is 0 Å². The van der Waals surface area contributed by atoms with E-state index in [9.17, 15) is 13.2 Å². The quantitative estimate of drug-likeness (QED) is 0.941. The fourth-order valence-corrected chi connectivity index (χ4v) is 2.67. The molecule has 0 aromatic carbocycles. The molecule has 5 nitrogen and oxygen atoms in total. The van der Waals surface area contributed by atoms with Crippen molar-refractivity contribution in [1.82, 2.24) is 19.9 Å². The number of alkyl halides is 3. The Hall–Kier alpha value is -1.83. The van der Waals surface area contributed by atoms with Gasteiger partial charge >= 0.3 is 6.18 Å². The van der Waals surface area contributed by atoms with Gasteiger partial charge in [0.2, 0.25) is 0 Å². The first-order chi connectivity index (χ1) is 9.95. The lowest BCUT2D eigenvalue weighted by molar-refractivity contribution is -0.141. The third-order valence-electron chi connectivity index (χ3n) is 3.68. The molecule has 0 saturated carbocycles. The van der Waals surface area contributed by atoms with Gasteiger partial charge in [0.15, 0.2) is 11.5 Å². The van der Waals surface area contributed by atoms with Gasteiger partial charge in [-0.2, -0.15) is 18.3 Å². The lowest BCUT2D eigenvalue weighted by atomic mass is 10.2. The summed E-state index contributed by atoms with van der Waals surface area (Å²) in [5.41, 5.74) is -0.533. The molecule has 0 spiro atoms. The first kappa shape index (κ1) is 14.1. The van der Waals surface area contributed by atoms with Crippen LogP contribution in [0, 0.1) is 0 Å². The minimum absolute atomic E-state index is 0.349. The number of hydrogen-bond donors (Lipinski definition) is 1. The van der Waals surface area contributed by atoms with E-state index in [0.29, 0.717) is 23.9 Å². The van der Waals surface area contributed by atoms with Gasteiger partial charge in [-0.05, 0) is 19.4 Å². The van der Waals surface area contributed by atoms with Crippen molar-refractivity contribution in [1.29, 1.82) is 0 Å². The predicted octanol–water partition coefficient (Wildman–Crippen LogP) is 1.94. The summed E-state index contributed by atoms with van der Waals surface area (Å²) in [6.07, 6.45) is 0.639. The number of nitrogens with one attached hydrogen (secondary N) is 1. The van der Waals surface area contributed by atoms with Gasteiger partial charge in [0.1, 0.15) is 5.52 Å². The molecule has 1 N–H and O–H groups in total. The second kappa shape index (κ2) is 5.18. The highest BCUT2D eigenvalue weighted by molar-refractivity contribution is 5.69. The van der Waals surface area contributed by atoms with E-state index in [1.807, 2.05) is 11.9 Å². The summed E-state index contributed by atoms with van der Waals surface area (Å²) in [5.74, 6) is 0.509. The maximum absolute atomic E-state index is 12.8. The van der Waals surface area contributed by atoms with Crippen molar-refractivity contribution in [2.45, 2.75) is 25.1 Å². The van der Waals surface area contributed by atoms with Gasteiger partial charge in [0.05, 0.1) is 0 Å². The smallest absolute Gasteiger partial charge is 0.356 e. The topological polar surface area (TPSA) is 45.5 Å². The Kier molecular flexibility index (Phi) is 3.48. The number of nitrogens with zero attached hydrogens (tertiary/aromatic N) is 4. The van der Waals surface area contributed by atoms with E-state index in [2.05, 4.69) is 15.4 Å². The Morgan fingerprint density at radius 3 is 2.95 bits per heavy atom. The molecular weight excluding hydrogens is 283 g/mol. The largest absolute Gasteiger partial charge is 0.435 e. The Morgan fingerprint density at radius 2 is 2.29 bits per heavy atom. The Labute approximate surface area is 119 Å². The molecule has 3 heterocycles. The summed E-state index contributed by atoms with van der Waals surface area (Å²) in [7, 11) is 1.84. The third kappa shape index (κ3) is 2.80. The third-order valence-corrected chi connectivity index (χ3v) is 3.68. The van der Waals surface area contributed by atoms with Gasteiger partial charge in [0.25, 0.3) is 0 Å². The van der Waals surface area contributed by atoms with Crippen molar-refractivity contribution in [2.75, 3.05) is 25.0 Å². The first-order valence-electron chi connectivity index (χ1n) is 6.81. The van der Waals surface area contributed by atoms with E-state index >= 15 is 0 Å². The van der Waals surface area contributed by atoms with E-state index in [4.69, 9.17) is 0 Å². The van der Waals surface area contributed by atoms with E-state index in [-0.39, 0.29) is 0 Å². The van der Waals surface area contributed by atoms with E-state index < -0.39 is 11.9 Å². The van der Waals surface area contributed by atoms with Crippen LogP contribution in [0.25, 0.3) is 5.52 Å². The first-order valence-corrected chi connectivity index (χ1v) is 6.81. The zero-order valence-electron chi connectivity index (χ0n) is 11.6. The zero-order valence-corrected chi connectivity index (χ0v) is 11.6. The molecule has 2 aromatic rings. The molecule has 1 aliphatic rings. The molecule has 1 saturated heterocycles. The van der Waals surface area contributed by atoms with Crippen molar-refractivity contribution in [3.63, 3.8) is 0 Å². The van der Waals surface area contributed by atoms with Crippen LogP contribution >= 0.6 is 0 Å². The van der Waals surface area contributed by atoms with Crippen molar-refractivity contribution in [3.8, 4) is 0 Å². The summed E-state index contributed by atoms with van der Waals surface area (Å²) in [4.78, 5) is 6.09. The minimum Gasteiger partial charge on any atom is -0.356 e. The van der Waals surface area contributed by atoms with Gasteiger partial charge < -0.3 is 10.2 Å². The zero-order chi connectivity index (χ0) is 15.0. The van der Waals surface area contributed by atoms with E-state index in [0.717, 1.165) is 25.5 Å². The monoisotopic (exact) mass is 299 g/mol. The average Bonchev–Trinajstić information content (AvgIpc) is 3.05. The number of rotatable bonds is 3. The molecule has 1 unspecified atom stereocenters. The Bertz CT molecular complexity index is 630. The van der Waals surface area contributed by atoms with Crippen LogP contribution in [0.5, 0.6) is 0 Å². The predicted molar refractivity (Wildman–Crippen MR) is 72.3 cm³/mol. The molecule has 1 aliphatic heterocycles. The van der Waals surface area contributed by atoms with Crippen LogP contribution in [0.15, 0.2) is 18.5 Å². The fraction of sp³-hybridized carbons (Fsp3) is 0.538. The molecule has 8 heteroatoms. The van der Waals surface area contributed by atoms with Crippen LogP contribution in [0.2, 0.25) is 0 Å². The number of fused-ring (bicyclic) bond motifs is 1. The molecule has 1 atom stereocenters. The van der Waals surface area contributed by atoms with Crippen LogP contribution in [-0.2, 0) is 6.18 Å². The Balaban J connectivity index is 1.92. The van der Waals surface area contributed by atoms with Crippen LogP contribution in [0.4, 0.5) is 19.0 Å². The summed E-state index contributed by atoms with van der Waals surface area (Å²) in [6.45, 7) is 1.69. The standard InChI is InChI=1S/C13H16F3N5/c1-20(8-9-3-2-4-17-9)12-10-7-11(13(14,15)16)19-21(10)6-5-18-12/h5-7,9,17H,2-4,8H2,1H3. The van der Waals surface area contributed by atoms with Gasteiger partial charge in [-0.15, -0.1) is 0 Å². The summed E-state index contributed by atoms with van der Waals surface area (Å²) >= 11 is 0. The van der Waals surface area contributed by atoms with E-state index in [1.165, 1.54) is 16.9 Å². The van der Waals surface area contributed by atoms with Crippen LogP contribution in [0.1, 0.15) is 18.5 Å². The molecule has 2 aromatic heterocycles. The number of likely N-dealkylation sites (N-methyl/N-ethyl adjacent to an activating group) is 1. The maximum Gasteiger partial charge on any atom is 0.435 e. The molecule has 21 heavy (non-hydrogen) atoms. The van der Waals surface area contributed by atoms with Crippen LogP contribution in [0.3, 0.4) is 0 Å². The Morgan fingerprint density at radius 1 is 1.48 bits per heavy atom. The van der Waals surface area contributed by atoms with Gasteiger partial charge in [0, 0.05) is 38.1 Å². The maximum atomic E-state index is 12.8. The van der Waals surface area contributed by atoms with Crippen LogP contribution < -0.4 is 10.2 Å². The number of hydrogen-bond acceptors (Lipinski definition) is 4. The second-order valence-electron chi connectivity index (χ2n) is 5.28. The van der Waals surface area contributed by atoms with Crippen molar-refractivity contribution >= 4 is 11.3 Å². The molecule has 0 aliphatic carbocycles. The second-order valence-corrected chi connectivity index (χ2v) is 5.28. The van der Waals surface area contributed by atoms with E-state index in [1.54, 1.807) is 0 Å². The highest BCUT2D eigenvalue weighted by Crippen LogP contribution is 2.30. The SMILES string of the molecule is CN(CC1CCCN1)c1nccn2nc(C(F)(F)F)cc12. The minimum atomic E-state index is -4.45. The highest BCUT2D eigenvalue weighted by Gasteiger charge is 2.34. The average molecular weight is 299 g/mol. The van der Waals surface area contributed by atoms with Gasteiger partial charge in [-0.3, -0.25) is 0 Å². The molecule has 0 amide bonds.